The van der Waals surface area contributed by atoms with Gasteiger partial charge in [-0.15, -0.1) is 11.8 Å². The molecule has 0 bridgehead atoms. The molecule has 2 rings (SSSR count). The molecule has 1 aliphatic carbocycles. The molecule has 21 heavy (non-hydrogen) atoms. The molecule has 1 aromatic rings. The summed E-state index contributed by atoms with van der Waals surface area (Å²) in [7, 11) is 0. The lowest BCUT2D eigenvalue weighted by molar-refractivity contribution is -0.121. The van der Waals surface area contributed by atoms with Crippen molar-refractivity contribution in [2.45, 2.75) is 56.2 Å². The van der Waals surface area contributed by atoms with Gasteiger partial charge in [0, 0.05) is 10.9 Å². The highest BCUT2D eigenvalue weighted by atomic mass is 32.2. The topological polar surface area (TPSA) is 29.1 Å². The van der Waals surface area contributed by atoms with Crippen LogP contribution >= 0.6 is 11.8 Å². The third-order valence-electron chi connectivity index (χ3n) is 4.53. The highest BCUT2D eigenvalue weighted by Crippen LogP contribution is 2.30. The van der Waals surface area contributed by atoms with E-state index in [9.17, 15) is 9.18 Å². The van der Waals surface area contributed by atoms with Gasteiger partial charge in [0.25, 0.3) is 0 Å². The molecule has 2 nitrogen and oxygen atoms in total. The van der Waals surface area contributed by atoms with Crippen molar-refractivity contribution >= 4 is 17.7 Å². The molecule has 1 fully saturated rings. The summed E-state index contributed by atoms with van der Waals surface area (Å²) < 4.78 is 12.9. The van der Waals surface area contributed by atoms with Crippen LogP contribution in [0.4, 0.5) is 4.39 Å². The van der Waals surface area contributed by atoms with Crippen LogP contribution in [-0.2, 0) is 4.79 Å². The number of thioether (sulfide) groups is 1. The molecule has 1 aliphatic rings. The van der Waals surface area contributed by atoms with Crippen molar-refractivity contribution in [3.8, 4) is 0 Å². The van der Waals surface area contributed by atoms with Gasteiger partial charge >= 0.3 is 0 Å². The van der Waals surface area contributed by atoms with E-state index in [2.05, 4.69) is 19.2 Å². The summed E-state index contributed by atoms with van der Waals surface area (Å²) in [6, 6.07) is 6.58. The van der Waals surface area contributed by atoms with Gasteiger partial charge in [-0.2, -0.15) is 0 Å². The van der Waals surface area contributed by atoms with Crippen LogP contribution in [-0.4, -0.2) is 17.2 Å². The van der Waals surface area contributed by atoms with E-state index in [-0.39, 0.29) is 23.0 Å². The average Bonchev–Trinajstić information content (AvgIpc) is 2.46. The van der Waals surface area contributed by atoms with Crippen molar-refractivity contribution in [2.24, 2.45) is 11.8 Å². The second-order valence-corrected chi connectivity index (χ2v) is 7.51. The number of hydrogen-bond acceptors (Lipinski definition) is 2. The number of amides is 1. The van der Waals surface area contributed by atoms with E-state index >= 15 is 0 Å². The first kappa shape index (κ1) is 16.3. The average molecular weight is 309 g/mol. The zero-order valence-electron chi connectivity index (χ0n) is 12.9. The van der Waals surface area contributed by atoms with Crippen LogP contribution in [0.5, 0.6) is 0 Å². The summed E-state index contributed by atoms with van der Waals surface area (Å²) in [5.74, 6) is 1.03. The van der Waals surface area contributed by atoms with Crippen molar-refractivity contribution in [1.29, 1.82) is 0 Å². The fourth-order valence-corrected chi connectivity index (χ4v) is 3.73. The van der Waals surface area contributed by atoms with Crippen LogP contribution in [0.15, 0.2) is 29.2 Å². The van der Waals surface area contributed by atoms with E-state index in [4.69, 9.17) is 0 Å². The van der Waals surface area contributed by atoms with Crippen LogP contribution < -0.4 is 5.32 Å². The lowest BCUT2D eigenvalue weighted by atomic mass is 9.78. The van der Waals surface area contributed by atoms with Gasteiger partial charge in [-0.1, -0.05) is 26.7 Å². The number of nitrogens with one attached hydrogen (secondary N) is 1. The first-order chi connectivity index (χ1) is 9.97. The first-order valence-electron chi connectivity index (χ1n) is 7.70. The number of hydrogen-bond donors (Lipinski definition) is 1. The molecule has 0 saturated heterocycles. The fourth-order valence-electron chi connectivity index (χ4n) is 2.86. The minimum atomic E-state index is -0.249. The highest BCUT2D eigenvalue weighted by molar-refractivity contribution is 8.00. The summed E-state index contributed by atoms with van der Waals surface area (Å²) in [5, 5.41) is 3.03. The van der Waals surface area contributed by atoms with E-state index in [1.54, 1.807) is 12.1 Å². The van der Waals surface area contributed by atoms with Crippen molar-refractivity contribution < 1.29 is 9.18 Å². The lowest BCUT2D eigenvalue weighted by Crippen LogP contribution is -2.46. The van der Waals surface area contributed by atoms with Gasteiger partial charge < -0.3 is 5.32 Å². The Kier molecular flexibility index (Phi) is 5.68. The second kappa shape index (κ2) is 7.30. The fraction of sp³-hybridized carbons (Fsp3) is 0.588. The molecule has 4 atom stereocenters. The van der Waals surface area contributed by atoms with Gasteiger partial charge in [0.05, 0.1) is 5.25 Å². The third kappa shape index (κ3) is 4.47. The smallest absolute Gasteiger partial charge is 0.233 e. The van der Waals surface area contributed by atoms with Crippen molar-refractivity contribution in [3.63, 3.8) is 0 Å². The summed E-state index contributed by atoms with van der Waals surface area (Å²) in [5.41, 5.74) is 0. The monoisotopic (exact) mass is 309 g/mol. The Morgan fingerprint density at radius 1 is 1.29 bits per heavy atom. The largest absolute Gasteiger partial charge is 0.352 e. The number of carbonyl (C=O) groups excluding carboxylic acids is 1. The Labute approximate surface area is 130 Å². The maximum Gasteiger partial charge on any atom is 0.233 e. The summed E-state index contributed by atoms with van der Waals surface area (Å²) in [4.78, 5) is 13.2. The Morgan fingerprint density at radius 3 is 2.62 bits per heavy atom. The maximum absolute atomic E-state index is 12.9. The van der Waals surface area contributed by atoms with Crippen molar-refractivity contribution in [3.05, 3.63) is 30.1 Å². The standard InChI is InChI=1S/C17H24FNOS/c1-11-5-4-6-16(12(11)2)19-17(20)13(3)21-15-9-7-14(18)8-10-15/h7-13,16H,4-6H2,1-3H3,(H,19,20)/t11-,12-,13+,16-/m1/s1. The summed E-state index contributed by atoms with van der Waals surface area (Å²) in [6.45, 7) is 6.40. The third-order valence-corrected chi connectivity index (χ3v) is 5.64. The van der Waals surface area contributed by atoms with Crippen LogP contribution in [0.3, 0.4) is 0 Å². The minimum Gasteiger partial charge on any atom is -0.352 e. The Morgan fingerprint density at radius 2 is 1.95 bits per heavy atom. The van der Waals surface area contributed by atoms with Gasteiger partial charge in [0.1, 0.15) is 5.82 Å². The Balaban J connectivity index is 1.88. The second-order valence-electron chi connectivity index (χ2n) is 6.10. The number of benzene rings is 1. The molecule has 0 spiro atoms. The quantitative estimate of drug-likeness (QED) is 0.843. The first-order valence-corrected chi connectivity index (χ1v) is 8.58. The molecule has 0 aromatic heterocycles. The van der Waals surface area contributed by atoms with E-state index in [1.165, 1.54) is 36.7 Å². The van der Waals surface area contributed by atoms with E-state index < -0.39 is 0 Å². The zero-order valence-corrected chi connectivity index (χ0v) is 13.8. The Hall–Kier alpha value is -1.03. The number of halogens is 1. The van der Waals surface area contributed by atoms with Gasteiger partial charge in [-0.25, -0.2) is 4.39 Å². The lowest BCUT2D eigenvalue weighted by Gasteiger charge is -2.35. The predicted octanol–water partition coefficient (Wildman–Crippen LogP) is 4.25. The SMILES string of the molecule is C[C@@H]1[C@H](C)CCC[C@H]1NC(=O)[C@H](C)Sc1ccc(F)cc1. The van der Waals surface area contributed by atoms with E-state index in [1.807, 2.05) is 6.92 Å². The molecular formula is C17H24FNOS. The molecule has 0 heterocycles. The molecular weight excluding hydrogens is 285 g/mol. The summed E-state index contributed by atoms with van der Waals surface area (Å²) >= 11 is 1.47. The number of rotatable bonds is 4. The maximum atomic E-state index is 12.9. The van der Waals surface area contributed by atoms with Gasteiger partial charge in [0.2, 0.25) is 5.91 Å². The van der Waals surface area contributed by atoms with Crippen molar-refractivity contribution in [2.75, 3.05) is 0 Å². The van der Waals surface area contributed by atoms with Crippen LogP contribution in [0.2, 0.25) is 0 Å². The van der Waals surface area contributed by atoms with Gasteiger partial charge in [-0.3, -0.25) is 4.79 Å². The predicted molar refractivity (Wildman–Crippen MR) is 85.8 cm³/mol. The zero-order chi connectivity index (χ0) is 15.4. The van der Waals surface area contributed by atoms with Crippen LogP contribution in [0, 0.1) is 17.7 Å². The highest BCUT2D eigenvalue weighted by Gasteiger charge is 2.29. The number of carbonyl (C=O) groups is 1. The molecule has 1 saturated carbocycles. The molecule has 4 heteroatoms. The molecule has 0 unspecified atom stereocenters. The molecule has 0 radical (unpaired) electrons. The minimum absolute atomic E-state index is 0.0790. The summed E-state index contributed by atoms with van der Waals surface area (Å²) in [6.07, 6.45) is 3.52. The van der Waals surface area contributed by atoms with E-state index in [0.717, 1.165) is 11.3 Å². The molecule has 0 aliphatic heterocycles. The van der Waals surface area contributed by atoms with Crippen molar-refractivity contribution in [1.82, 2.24) is 5.32 Å². The van der Waals surface area contributed by atoms with Crippen LogP contribution in [0.1, 0.15) is 40.0 Å². The van der Waals surface area contributed by atoms with Crippen LogP contribution in [0.25, 0.3) is 0 Å². The normalized spacial score (nSPS) is 27.1. The Bertz CT molecular complexity index is 476. The van der Waals surface area contributed by atoms with E-state index in [0.29, 0.717) is 11.8 Å². The van der Waals surface area contributed by atoms with Gasteiger partial charge in [0.15, 0.2) is 0 Å². The molecule has 1 N–H and O–H groups in total. The molecule has 1 amide bonds. The molecule has 1 aromatic carbocycles. The van der Waals surface area contributed by atoms with Gasteiger partial charge in [-0.05, 0) is 49.4 Å². The molecule has 116 valence electrons.